The Labute approximate surface area is 146 Å². The highest BCUT2D eigenvalue weighted by Crippen LogP contribution is 2.17. The van der Waals surface area contributed by atoms with Gasteiger partial charge in [-0.15, -0.1) is 0 Å². The van der Waals surface area contributed by atoms with Crippen LogP contribution in [0, 0.1) is 0 Å². The third-order valence-electron chi connectivity index (χ3n) is 3.95. The van der Waals surface area contributed by atoms with Gasteiger partial charge in [-0.1, -0.05) is 44.2 Å². The number of esters is 1. The van der Waals surface area contributed by atoms with Crippen molar-refractivity contribution < 1.29 is 14.3 Å². The van der Waals surface area contributed by atoms with Crippen LogP contribution in [0.3, 0.4) is 0 Å². The maximum Gasteiger partial charge on any atom is 0.355 e. The maximum atomic E-state index is 12.1. The summed E-state index contributed by atoms with van der Waals surface area (Å²) in [4.78, 5) is 27.0. The molecule has 0 radical (unpaired) electrons. The van der Waals surface area contributed by atoms with Crippen molar-refractivity contribution in [1.82, 2.24) is 4.98 Å². The summed E-state index contributed by atoms with van der Waals surface area (Å²) in [6.07, 6.45) is 0. The molecule has 2 aromatic carbocycles. The average molecular weight is 336 g/mol. The van der Waals surface area contributed by atoms with Crippen LogP contribution in [0.25, 0.3) is 10.9 Å². The van der Waals surface area contributed by atoms with Gasteiger partial charge >= 0.3 is 5.97 Å². The fourth-order valence-electron chi connectivity index (χ4n) is 2.54. The van der Waals surface area contributed by atoms with Crippen molar-refractivity contribution in [2.45, 2.75) is 19.8 Å². The van der Waals surface area contributed by atoms with Gasteiger partial charge in [-0.25, -0.2) is 4.79 Å². The Morgan fingerprint density at radius 3 is 2.48 bits per heavy atom. The number of para-hydroxylation sites is 1. The highest BCUT2D eigenvalue weighted by molar-refractivity contribution is 5.97. The number of hydrogen-bond donors (Lipinski definition) is 2. The van der Waals surface area contributed by atoms with Gasteiger partial charge < -0.3 is 15.0 Å². The van der Waals surface area contributed by atoms with Gasteiger partial charge in [-0.2, -0.15) is 0 Å². The number of rotatable bonds is 5. The number of H-pyrrole nitrogens is 1. The molecule has 0 saturated carbocycles. The zero-order valence-electron chi connectivity index (χ0n) is 14.2. The summed E-state index contributed by atoms with van der Waals surface area (Å²) >= 11 is 0. The first-order valence-corrected chi connectivity index (χ1v) is 8.17. The molecule has 3 aromatic rings. The fraction of sp³-hybridized carbons (Fsp3) is 0.200. The van der Waals surface area contributed by atoms with Gasteiger partial charge in [-0.05, 0) is 35.7 Å². The largest absolute Gasteiger partial charge is 0.451 e. The molecule has 0 fully saturated rings. The Morgan fingerprint density at radius 1 is 1.08 bits per heavy atom. The number of aromatic amines is 1. The van der Waals surface area contributed by atoms with Gasteiger partial charge in [0.25, 0.3) is 5.91 Å². The summed E-state index contributed by atoms with van der Waals surface area (Å²) in [5.41, 5.74) is 3.05. The van der Waals surface area contributed by atoms with Gasteiger partial charge in [0, 0.05) is 16.6 Å². The number of carbonyl (C=O) groups excluding carboxylic acids is 2. The predicted molar refractivity (Wildman–Crippen MR) is 97.7 cm³/mol. The molecular weight excluding hydrogens is 316 g/mol. The number of ether oxygens (including phenoxy) is 1. The monoisotopic (exact) mass is 336 g/mol. The van der Waals surface area contributed by atoms with Crippen LogP contribution in [-0.4, -0.2) is 23.5 Å². The molecule has 1 aromatic heterocycles. The van der Waals surface area contributed by atoms with E-state index in [1.54, 1.807) is 6.07 Å². The second kappa shape index (κ2) is 7.21. The van der Waals surface area contributed by atoms with Gasteiger partial charge in [-0.3, -0.25) is 4.79 Å². The van der Waals surface area contributed by atoms with Crippen molar-refractivity contribution >= 4 is 28.5 Å². The second-order valence-electron chi connectivity index (χ2n) is 6.17. The first kappa shape index (κ1) is 16.8. The highest BCUT2D eigenvalue weighted by Gasteiger charge is 2.13. The van der Waals surface area contributed by atoms with Crippen molar-refractivity contribution in [2.24, 2.45) is 0 Å². The molecular formula is C20H20N2O3. The topological polar surface area (TPSA) is 71.2 Å². The SMILES string of the molecule is CC(C)c1ccc(NC(=O)COC(=O)c2cc3ccccc3[nH]2)cc1. The van der Waals surface area contributed by atoms with Crippen molar-refractivity contribution in [1.29, 1.82) is 0 Å². The molecule has 0 aliphatic carbocycles. The van der Waals surface area contributed by atoms with Crippen molar-refractivity contribution in [3.8, 4) is 0 Å². The third kappa shape index (κ3) is 4.07. The Bertz CT molecular complexity index is 862. The minimum Gasteiger partial charge on any atom is -0.451 e. The van der Waals surface area contributed by atoms with E-state index in [1.165, 1.54) is 5.56 Å². The number of nitrogens with one attached hydrogen (secondary N) is 2. The molecule has 25 heavy (non-hydrogen) atoms. The molecule has 128 valence electrons. The van der Waals surface area contributed by atoms with Gasteiger partial charge in [0.05, 0.1) is 0 Å². The van der Waals surface area contributed by atoms with Crippen LogP contribution in [-0.2, 0) is 9.53 Å². The molecule has 0 unspecified atom stereocenters. The quantitative estimate of drug-likeness (QED) is 0.690. The van der Waals surface area contributed by atoms with Crippen LogP contribution >= 0.6 is 0 Å². The molecule has 2 N–H and O–H groups in total. The van der Waals surface area contributed by atoms with Crippen LogP contribution in [0.5, 0.6) is 0 Å². The van der Waals surface area contributed by atoms with Crippen molar-refractivity contribution in [2.75, 3.05) is 11.9 Å². The van der Waals surface area contributed by atoms with E-state index in [1.807, 2.05) is 48.5 Å². The van der Waals surface area contributed by atoms with E-state index in [0.29, 0.717) is 17.3 Å². The first-order valence-electron chi connectivity index (χ1n) is 8.17. The van der Waals surface area contributed by atoms with Crippen LogP contribution in [0.1, 0.15) is 35.8 Å². The number of aromatic nitrogens is 1. The lowest BCUT2D eigenvalue weighted by atomic mass is 10.0. The zero-order chi connectivity index (χ0) is 17.8. The molecule has 0 aliphatic rings. The lowest BCUT2D eigenvalue weighted by Crippen LogP contribution is -2.21. The molecule has 1 heterocycles. The summed E-state index contributed by atoms with van der Waals surface area (Å²) in [5.74, 6) is -0.495. The minimum atomic E-state index is -0.554. The minimum absolute atomic E-state index is 0.329. The van der Waals surface area contributed by atoms with Gasteiger partial charge in [0.1, 0.15) is 5.69 Å². The third-order valence-corrected chi connectivity index (χ3v) is 3.95. The number of amides is 1. The van der Waals surface area contributed by atoms with Crippen LogP contribution < -0.4 is 5.32 Å². The summed E-state index contributed by atoms with van der Waals surface area (Å²) in [6, 6.07) is 16.9. The molecule has 0 saturated heterocycles. The Balaban J connectivity index is 1.55. The Hall–Kier alpha value is -3.08. The molecule has 0 spiro atoms. The molecule has 1 amide bonds. The maximum absolute atomic E-state index is 12.1. The summed E-state index contributed by atoms with van der Waals surface area (Å²) < 4.78 is 5.07. The lowest BCUT2D eigenvalue weighted by molar-refractivity contribution is -0.119. The van der Waals surface area contributed by atoms with Crippen LogP contribution in [0.2, 0.25) is 0 Å². The van der Waals surface area contributed by atoms with E-state index >= 15 is 0 Å². The number of hydrogen-bond acceptors (Lipinski definition) is 3. The number of carbonyl (C=O) groups is 2. The van der Waals surface area contributed by atoms with Gasteiger partial charge in [0.2, 0.25) is 0 Å². The van der Waals surface area contributed by atoms with E-state index in [2.05, 4.69) is 24.1 Å². The normalized spacial score (nSPS) is 10.8. The average Bonchev–Trinajstić information content (AvgIpc) is 3.04. The van der Waals surface area contributed by atoms with Crippen LogP contribution in [0.4, 0.5) is 5.69 Å². The number of anilines is 1. The van der Waals surface area contributed by atoms with E-state index in [9.17, 15) is 9.59 Å². The molecule has 5 heteroatoms. The molecule has 0 atom stereocenters. The first-order chi connectivity index (χ1) is 12.0. The molecule has 5 nitrogen and oxygen atoms in total. The van der Waals surface area contributed by atoms with E-state index < -0.39 is 5.97 Å². The van der Waals surface area contributed by atoms with Crippen molar-refractivity contribution in [3.63, 3.8) is 0 Å². The molecule has 0 aliphatic heterocycles. The standard InChI is InChI=1S/C20H20N2O3/c1-13(2)14-7-9-16(10-8-14)21-19(23)12-25-20(24)18-11-15-5-3-4-6-17(15)22-18/h3-11,13,22H,12H2,1-2H3,(H,21,23). The van der Waals surface area contributed by atoms with E-state index in [0.717, 1.165) is 10.9 Å². The zero-order valence-corrected chi connectivity index (χ0v) is 14.2. The van der Waals surface area contributed by atoms with Gasteiger partial charge in [0.15, 0.2) is 6.61 Å². The molecule has 0 bridgehead atoms. The highest BCUT2D eigenvalue weighted by atomic mass is 16.5. The predicted octanol–water partition coefficient (Wildman–Crippen LogP) is 4.09. The number of benzene rings is 2. The smallest absolute Gasteiger partial charge is 0.355 e. The summed E-state index contributed by atoms with van der Waals surface area (Å²) in [5, 5.41) is 3.64. The summed E-state index contributed by atoms with van der Waals surface area (Å²) in [7, 11) is 0. The fourth-order valence-corrected chi connectivity index (χ4v) is 2.54. The Kier molecular flexibility index (Phi) is 4.84. The van der Waals surface area contributed by atoms with Crippen LogP contribution in [0.15, 0.2) is 54.6 Å². The number of fused-ring (bicyclic) bond motifs is 1. The Morgan fingerprint density at radius 2 is 1.80 bits per heavy atom. The van der Waals surface area contributed by atoms with E-state index in [4.69, 9.17) is 4.74 Å². The lowest BCUT2D eigenvalue weighted by Gasteiger charge is -2.08. The summed E-state index contributed by atoms with van der Waals surface area (Å²) in [6.45, 7) is 3.88. The molecule has 3 rings (SSSR count). The second-order valence-corrected chi connectivity index (χ2v) is 6.17. The van der Waals surface area contributed by atoms with E-state index in [-0.39, 0.29) is 12.5 Å². The van der Waals surface area contributed by atoms with Crippen molar-refractivity contribution in [3.05, 3.63) is 65.9 Å².